The molecule has 4 heterocycles. The minimum atomic E-state index is 0.745. The molecule has 5 rings (SSSR count). The third-order valence-corrected chi connectivity index (χ3v) is 6.14. The zero-order valence-corrected chi connectivity index (χ0v) is 18.1. The van der Waals surface area contributed by atoms with E-state index in [0.29, 0.717) is 0 Å². The van der Waals surface area contributed by atoms with E-state index in [2.05, 4.69) is 70.6 Å². The Bertz CT molecular complexity index is 1240. The molecule has 2 aliphatic rings. The number of piperazine rings is 1. The van der Waals surface area contributed by atoms with Crippen LogP contribution in [0.4, 0.5) is 5.82 Å². The molecule has 0 aliphatic carbocycles. The summed E-state index contributed by atoms with van der Waals surface area (Å²) >= 11 is 0. The van der Waals surface area contributed by atoms with Crippen molar-refractivity contribution in [2.45, 2.75) is 6.92 Å². The summed E-state index contributed by atoms with van der Waals surface area (Å²) in [5, 5.41) is 18.0. The van der Waals surface area contributed by atoms with Crippen molar-refractivity contribution < 1.29 is 0 Å². The number of anilines is 1. The molecule has 0 radical (unpaired) electrons. The van der Waals surface area contributed by atoms with Crippen LogP contribution < -0.4 is 5.32 Å². The van der Waals surface area contributed by atoms with Crippen molar-refractivity contribution >= 4 is 34.7 Å². The van der Waals surface area contributed by atoms with Crippen LogP contribution in [0.25, 0.3) is 22.2 Å². The molecule has 0 bridgehead atoms. The molecule has 31 heavy (non-hydrogen) atoms. The molecule has 1 aromatic carbocycles. The van der Waals surface area contributed by atoms with Crippen LogP contribution in [-0.4, -0.2) is 69.8 Å². The number of hydrogen-bond donors (Lipinski definition) is 1. The molecule has 8 nitrogen and oxygen atoms in total. The topological polar surface area (TPSA) is 74.5 Å². The number of benzene rings is 1. The molecule has 1 N–H and O–H groups in total. The second kappa shape index (κ2) is 7.63. The zero-order chi connectivity index (χ0) is 21.5. The van der Waals surface area contributed by atoms with Gasteiger partial charge in [-0.1, -0.05) is 17.4 Å². The van der Waals surface area contributed by atoms with Gasteiger partial charge in [-0.05, 0) is 54.4 Å². The minimum absolute atomic E-state index is 0.745. The Morgan fingerprint density at radius 3 is 2.90 bits per heavy atom. The molecule has 0 unspecified atom stereocenters. The molecular formula is C23H26N8. The quantitative estimate of drug-likeness (QED) is 0.665. The number of fused-ring (bicyclic) bond motifs is 2. The lowest BCUT2D eigenvalue weighted by molar-refractivity contribution is 0.211. The summed E-state index contributed by atoms with van der Waals surface area (Å²) in [7, 11) is 4.05. The molecule has 1 saturated heterocycles. The fourth-order valence-electron chi connectivity index (χ4n) is 4.30. The Balaban J connectivity index is 1.59. The largest absolute Gasteiger partial charge is 0.366 e. The first-order valence-electron chi connectivity index (χ1n) is 10.4. The van der Waals surface area contributed by atoms with E-state index in [1.807, 2.05) is 24.3 Å². The van der Waals surface area contributed by atoms with Gasteiger partial charge in [0.15, 0.2) is 0 Å². The number of rotatable bonds is 3. The average molecular weight is 415 g/mol. The Morgan fingerprint density at radius 2 is 2.06 bits per heavy atom. The number of hydrazone groups is 1. The number of nitrogens with one attached hydrogen (secondary N) is 1. The molecular weight excluding hydrogens is 388 g/mol. The highest BCUT2D eigenvalue weighted by molar-refractivity contribution is 5.91. The van der Waals surface area contributed by atoms with Gasteiger partial charge < -0.3 is 5.32 Å². The maximum Gasteiger partial charge on any atom is 0.134 e. The van der Waals surface area contributed by atoms with E-state index in [4.69, 9.17) is 4.98 Å². The van der Waals surface area contributed by atoms with Crippen molar-refractivity contribution in [1.82, 2.24) is 29.9 Å². The monoisotopic (exact) mass is 414 g/mol. The van der Waals surface area contributed by atoms with Crippen molar-refractivity contribution in [2.24, 2.45) is 12.1 Å². The van der Waals surface area contributed by atoms with Gasteiger partial charge in [-0.15, -0.1) is 5.10 Å². The molecule has 2 aliphatic heterocycles. The van der Waals surface area contributed by atoms with E-state index >= 15 is 0 Å². The number of aryl methyl sites for hydroxylation is 1. The van der Waals surface area contributed by atoms with Gasteiger partial charge in [0.2, 0.25) is 0 Å². The van der Waals surface area contributed by atoms with E-state index in [0.717, 1.165) is 59.7 Å². The highest BCUT2D eigenvalue weighted by Gasteiger charge is 2.22. The fraction of sp³-hybridized carbons (Fsp3) is 0.304. The maximum atomic E-state index is 4.76. The maximum absolute atomic E-state index is 4.76. The summed E-state index contributed by atoms with van der Waals surface area (Å²) in [6.07, 6.45) is 4.16. The lowest BCUT2D eigenvalue weighted by atomic mass is 9.93. The predicted molar refractivity (Wildman–Crippen MR) is 125 cm³/mol. The number of likely N-dealkylation sites (N-methyl/N-ethyl adjacent to an activating group) is 1. The number of hydrogen-bond acceptors (Lipinski definition) is 7. The van der Waals surface area contributed by atoms with Gasteiger partial charge in [0.05, 0.1) is 17.8 Å². The number of aromatic nitrogens is 4. The van der Waals surface area contributed by atoms with Gasteiger partial charge in [0.1, 0.15) is 11.3 Å². The highest BCUT2D eigenvalue weighted by Crippen LogP contribution is 2.35. The lowest BCUT2D eigenvalue weighted by Crippen LogP contribution is -2.40. The smallest absolute Gasteiger partial charge is 0.134 e. The van der Waals surface area contributed by atoms with Gasteiger partial charge in [0.25, 0.3) is 0 Å². The third kappa shape index (κ3) is 3.38. The predicted octanol–water partition coefficient (Wildman–Crippen LogP) is 2.81. The fourth-order valence-corrected chi connectivity index (χ4v) is 4.30. The molecule has 0 atom stereocenters. The van der Waals surface area contributed by atoms with Crippen LogP contribution in [0.15, 0.2) is 47.3 Å². The normalized spacial score (nSPS) is 18.4. The molecule has 2 aromatic heterocycles. The Morgan fingerprint density at radius 1 is 1.19 bits per heavy atom. The Labute approximate surface area is 181 Å². The number of nitrogens with zero attached hydrogens (tertiary/aromatic N) is 7. The summed E-state index contributed by atoms with van der Waals surface area (Å²) in [6, 6.07) is 8.50. The molecule has 158 valence electrons. The SMILES string of the molecule is C=NN1CCN(C)C/C1=C(/C)c1cnc2c(c1)C(c1ccc3nnn(C)c3c1)=CCN2. The first kappa shape index (κ1) is 19.4. The highest BCUT2D eigenvalue weighted by atomic mass is 15.5. The first-order valence-corrected chi connectivity index (χ1v) is 10.4. The van der Waals surface area contributed by atoms with Crippen molar-refractivity contribution in [2.75, 3.05) is 38.5 Å². The van der Waals surface area contributed by atoms with Crippen molar-refractivity contribution in [3.05, 3.63) is 58.9 Å². The van der Waals surface area contributed by atoms with Crippen LogP contribution >= 0.6 is 0 Å². The van der Waals surface area contributed by atoms with Crippen molar-refractivity contribution in [1.29, 1.82) is 0 Å². The average Bonchev–Trinajstić information content (AvgIpc) is 3.17. The number of allylic oxidation sites excluding steroid dienone is 1. The van der Waals surface area contributed by atoms with Crippen molar-refractivity contribution in [3.8, 4) is 0 Å². The van der Waals surface area contributed by atoms with Crippen LogP contribution in [0.5, 0.6) is 0 Å². The molecule has 0 saturated carbocycles. The van der Waals surface area contributed by atoms with Gasteiger partial charge in [-0.25, -0.2) is 9.67 Å². The summed E-state index contributed by atoms with van der Waals surface area (Å²) in [4.78, 5) is 7.06. The van der Waals surface area contributed by atoms with Gasteiger partial charge in [0, 0.05) is 45.2 Å². The van der Waals surface area contributed by atoms with Crippen LogP contribution in [0.2, 0.25) is 0 Å². The standard InChI is InChI=1S/C23H26N8/c1-15(22-14-29(3)9-10-31(22)24-2)17-11-19-18(7-8-25-23(19)26-13-17)16-5-6-20-21(12-16)30(4)28-27-20/h5-7,11-13H,2,8-10,14H2,1,3-4H3,(H,25,26)/b22-15+. The zero-order valence-electron chi connectivity index (χ0n) is 18.1. The van der Waals surface area contributed by atoms with Gasteiger partial charge >= 0.3 is 0 Å². The van der Waals surface area contributed by atoms with Crippen LogP contribution in [-0.2, 0) is 7.05 Å². The molecule has 8 heteroatoms. The lowest BCUT2D eigenvalue weighted by Gasteiger charge is -2.34. The molecule has 0 amide bonds. The van der Waals surface area contributed by atoms with E-state index in [1.165, 1.54) is 16.8 Å². The summed E-state index contributed by atoms with van der Waals surface area (Å²) in [5.74, 6) is 0.904. The summed E-state index contributed by atoms with van der Waals surface area (Å²) < 4.78 is 1.81. The Kier molecular flexibility index (Phi) is 4.78. The third-order valence-electron chi connectivity index (χ3n) is 6.14. The second-order valence-corrected chi connectivity index (χ2v) is 8.11. The van der Waals surface area contributed by atoms with E-state index in [9.17, 15) is 0 Å². The van der Waals surface area contributed by atoms with Crippen LogP contribution in [0.1, 0.15) is 23.6 Å². The second-order valence-electron chi connectivity index (χ2n) is 8.11. The van der Waals surface area contributed by atoms with E-state index in [1.54, 1.807) is 4.68 Å². The van der Waals surface area contributed by atoms with Gasteiger partial charge in [-0.3, -0.25) is 9.91 Å². The molecule has 3 aromatic rings. The van der Waals surface area contributed by atoms with Gasteiger partial charge in [-0.2, -0.15) is 5.10 Å². The van der Waals surface area contributed by atoms with E-state index in [-0.39, 0.29) is 0 Å². The summed E-state index contributed by atoms with van der Waals surface area (Å²) in [5.41, 5.74) is 8.74. The summed E-state index contributed by atoms with van der Waals surface area (Å²) in [6.45, 7) is 9.31. The van der Waals surface area contributed by atoms with E-state index < -0.39 is 0 Å². The first-order chi connectivity index (χ1) is 15.0. The molecule has 1 fully saturated rings. The minimum Gasteiger partial charge on any atom is -0.366 e. The number of pyridine rings is 1. The van der Waals surface area contributed by atoms with Crippen LogP contribution in [0.3, 0.4) is 0 Å². The molecule has 0 spiro atoms. The van der Waals surface area contributed by atoms with Crippen LogP contribution in [0, 0.1) is 0 Å². The van der Waals surface area contributed by atoms with Crippen molar-refractivity contribution in [3.63, 3.8) is 0 Å². The Hall–Kier alpha value is -3.52.